The van der Waals surface area contributed by atoms with Gasteiger partial charge in [-0.05, 0) is 25.3 Å². The summed E-state index contributed by atoms with van der Waals surface area (Å²) in [5.41, 5.74) is 0. The Balaban J connectivity index is 3.33. The molecule has 4 nitrogen and oxygen atoms in total. The summed E-state index contributed by atoms with van der Waals surface area (Å²) >= 11 is 0. The smallest absolute Gasteiger partial charge is 0.305 e. The van der Waals surface area contributed by atoms with Crippen LogP contribution in [0.25, 0.3) is 0 Å². The molecule has 232 valence electrons. The Hall–Kier alpha value is -1.03. The van der Waals surface area contributed by atoms with Gasteiger partial charge in [-0.1, -0.05) is 162 Å². The Morgan fingerprint density at radius 2 is 0.949 bits per heavy atom. The third kappa shape index (κ3) is 33.1. The molecule has 0 aromatic carbocycles. The van der Waals surface area contributed by atoms with Crippen LogP contribution in [0, 0.1) is 0 Å². The first-order valence-corrected chi connectivity index (χ1v) is 17.3. The van der Waals surface area contributed by atoms with Crippen molar-refractivity contribution in [3.8, 4) is 0 Å². The second-order valence-corrected chi connectivity index (χ2v) is 11.7. The van der Waals surface area contributed by atoms with Crippen LogP contribution in [0.4, 0.5) is 0 Å². The molecular formula is C35H68O4. The normalized spacial score (nSPS) is 12.3. The lowest BCUT2D eigenvalue weighted by Crippen LogP contribution is -2.22. The van der Waals surface area contributed by atoms with Crippen LogP contribution < -0.4 is 0 Å². The molecule has 0 bridgehead atoms. The minimum absolute atomic E-state index is 0.0177. The van der Waals surface area contributed by atoms with Crippen molar-refractivity contribution in [1.29, 1.82) is 0 Å². The highest BCUT2D eigenvalue weighted by molar-refractivity contribution is 5.69. The first-order valence-electron chi connectivity index (χ1n) is 17.3. The molecule has 0 unspecified atom stereocenters. The highest BCUT2D eigenvalue weighted by Crippen LogP contribution is 2.14. The van der Waals surface area contributed by atoms with Crippen LogP contribution in [0.3, 0.4) is 0 Å². The predicted octanol–water partition coefficient (Wildman–Crippen LogP) is 11.0. The Morgan fingerprint density at radius 1 is 0.564 bits per heavy atom. The van der Waals surface area contributed by atoms with Crippen LogP contribution in [0.2, 0.25) is 0 Å². The fraction of sp³-hybridized carbons (Fsp3) is 0.914. The van der Waals surface area contributed by atoms with Crippen LogP contribution in [0.5, 0.6) is 0 Å². The van der Waals surface area contributed by atoms with Crippen LogP contribution >= 0.6 is 0 Å². The van der Waals surface area contributed by atoms with Crippen molar-refractivity contribution in [2.45, 2.75) is 193 Å². The molecule has 0 fully saturated rings. The van der Waals surface area contributed by atoms with Gasteiger partial charge < -0.3 is 14.6 Å². The van der Waals surface area contributed by atoms with Gasteiger partial charge in [-0.15, -0.1) is 0 Å². The number of hydrogen-bond acceptors (Lipinski definition) is 4. The molecule has 0 amide bonds. The molecule has 0 spiro atoms. The van der Waals surface area contributed by atoms with Crippen molar-refractivity contribution in [2.75, 3.05) is 13.2 Å². The zero-order valence-corrected chi connectivity index (χ0v) is 26.4. The quantitative estimate of drug-likeness (QED) is 0.0512. The fourth-order valence-corrected chi connectivity index (χ4v) is 5.00. The van der Waals surface area contributed by atoms with E-state index in [0.29, 0.717) is 6.42 Å². The van der Waals surface area contributed by atoms with Gasteiger partial charge in [-0.25, -0.2) is 0 Å². The minimum Gasteiger partial charge on any atom is -0.499 e. The van der Waals surface area contributed by atoms with E-state index >= 15 is 0 Å². The van der Waals surface area contributed by atoms with Crippen LogP contribution in [-0.4, -0.2) is 30.4 Å². The van der Waals surface area contributed by atoms with Gasteiger partial charge >= 0.3 is 5.97 Å². The average molecular weight is 553 g/mol. The number of rotatable bonds is 32. The maximum Gasteiger partial charge on any atom is 0.305 e. The van der Waals surface area contributed by atoms with Gasteiger partial charge in [0.05, 0.1) is 6.26 Å². The third-order valence-electron chi connectivity index (χ3n) is 7.63. The van der Waals surface area contributed by atoms with Gasteiger partial charge in [0.15, 0.2) is 0 Å². The minimum atomic E-state index is -0.767. The molecule has 1 N–H and O–H groups in total. The summed E-state index contributed by atoms with van der Waals surface area (Å²) < 4.78 is 10.6. The first-order chi connectivity index (χ1) is 19.2. The first kappa shape index (κ1) is 38.0. The average Bonchev–Trinajstić information content (AvgIpc) is 2.94. The Bertz CT molecular complexity index is 505. The van der Waals surface area contributed by atoms with Crippen molar-refractivity contribution in [2.24, 2.45) is 0 Å². The number of aliphatic hydroxyl groups is 1. The molecular weight excluding hydrogens is 484 g/mol. The topological polar surface area (TPSA) is 55.8 Å². The Labute approximate surface area is 244 Å². The van der Waals surface area contributed by atoms with E-state index in [0.717, 1.165) is 19.3 Å². The van der Waals surface area contributed by atoms with Crippen molar-refractivity contribution in [1.82, 2.24) is 0 Å². The molecule has 39 heavy (non-hydrogen) atoms. The molecule has 0 rings (SSSR count). The highest BCUT2D eigenvalue weighted by Gasteiger charge is 2.09. The van der Waals surface area contributed by atoms with E-state index in [2.05, 4.69) is 13.8 Å². The van der Waals surface area contributed by atoms with E-state index < -0.39 is 6.10 Å². The van der Waals surface area contributed by atoms with E-state index in [1.807, 2.05) is 6.08 Å². The van der Waals surface area contributed by atoms with Gasteiger partial charge in [-0.3, -0.25) is 4.79 Å². The summed E-state index contributed by atoms with van der Waals surface area (Å²) in [5, 5.41) is 9.96. The number of unbranched alkanes of at least 4 members (excludes halogenated alkanes) is 24. The zero-order chi connectivity index (χ0) is 28.5. The van der Waals surface area contributed by atoms with Crippen LogP contribution in [0.15, 0.2) is 12.3 Å². The van der Waals surface area contributed by atoms with E-state index in [1.165, 1.54) is 148 Å². The number of carbonyl (C=O) groups excluding carboxylic acids is 1. The van der Waals surface area contributed by atoms with E-state index in [-0.39, 0.29) is 19.2 Å². The molecule has 0 aliphatic rings. The molecule has 0 aromatic heterocycles. The predicted molar refractivity (Wildman–Crippen MR) is 168 cm³/mol. The second-order valence-electron chi connectivity index (χ2n) is 11.7. The maximum absolute atomic E-state index is 11.9. The summed E-state index contributed by atoms with van der Waals surface area (Å²) in [6.45, 7) is 4.73. The van der Waals surface area contributed by atoms with Crippen molar-refractivity contribution < 1.29 is 19.4 Å². The van der Waals surface area contributed by atoms with Gasteiger partial charge in [0.2, 0.25) is 0 Å². The van der Waals surface area contributed by atoms with Gasteiger partial charge in [0, 0.05) is 6.42 Å². The highest BCUT2D eigenvalue weighted by atomic mass is 16.5. The summed E-state index contributed by atoms with van der Waals surface area (Å²) in [5.74, 6) is -0.209. The molecule has 0 aromatic rings. The maximum atomic E-state index is 11.9. The van der Waals surface area contributed by atoms with Gasteiger partial charge in [0.25, 0.3) is 0 Å². The molecule has 1 atom stereocenters. The number of carbonyl (C=O) groups is 1. The van der Waals surface area contributed by atoms with Crippen LogP contribution in [0.1, 0.15) is 187 Å². The summed E-state index contributed by atoms with van der Waals surface area (Å²) in [4.78, 5) is 11.9. The van der Waals surface area contributed by atoms with Crippen LogP contribution in [-0.2, 0) is 14.3 Å². The summed E-state index contributed by atoms with van der Waals surface area (Å²) in [7, 11) is 0. The van der Waals surface area contributed by atoms with Crippen molar-refractivity contribution >= 4 is 5.97 Å². The van der Waals surface area contributed by atoms with E-state index in [4.69, 9.17) is 9.47 Å². The SMILES string of the molecule is CCCCCCCCCCCCCC/C=C\OC[C@H](O)COC(=O)CCCCCCCCCCCCCCC. The molecule has 0 saturated carbocycles. The Kier molecular flexibility index (Phi) is 32.3. The van der Waals surface area contributed by atoms with Crippen molar-refractivity contribution in [3.63, 3.8) is 0 Å². The van der Waals surface area contributed by atoms with Gasteiger partial charge in [0.1, 0.15) is 19.3 Å². The van der Waals surface area contributed by atoms with E-state index in [1.54, 1.807) is 6.26 Å². The molecule has 0 heterocycles. The lowest BCUT2D eigenvalue weighted by atomic mass is 10.0. The monoisotopic (exact) mass is 553 g/mol. The fourth-order valence-electron chi connectivity index (χ4n) is 5.00. The van der Waals surface area contributed by atoms with E-state index in [9.17, 15) is 9.90 Å². The summed E-state index contributed by atoms with van der Waals surface area (Å²) in [6, 6.07) is 0. The number of aliphatic hydroxyl groups excluding tert-OH is 1. The Morgan fingerprint density at radius 3 is 1.38 bits per heavy atom. The molecule has 0 radical (unpaired) electrons. The zero-order valence-electron chi connectivity index (χ0n) is 26.4. The largest absolute Gasteiger partial charge is 0.499 e. The summed E-state index contributed by atoms with van der Waals surface area (Å²) in [6.07, 6.45) is 37.5. The molecule has 0 saturated heterocycles. The standard InChI is InChI=1S/C35H68O4/c1-3-5-7-9-11-13-15-17-19-21-23-25-27-29-31-38-32-34(36)33-39-35(37)30-28-26-24-22-20-18-16-14-12-10-8-6-4-2/h29,31,34,36H,3-28,30,32-33H2,1-2H3/b31-29-/t34-/m0/s1. The number of allylic oxidation sites excluding steroid dienone is 1. The molecule has 0 aliphatic heterocycles. The number of hydrogen-bond donors (Lipinski definition) is 1. The lowest BCUT2D eigenvalue weighted by Gasteiger charge is -2.11. The number of esters is 1. The molecule has 4 heteroatoms. The van der Waals surface area contributed by atoms with Crippen molar-refractivity contribution in [3.05, 3.63) is 12.3 Å². The third-order valence-corrected chi connectivity index (χ3v) is 7.63. The second kappa shape index (κ2) is 33.2. The molecule has 0 aliphatic carbocycles. The lowest BCUT2D eigenvalue weighted by molar-refractivity contribution is -0.147. The van der Waals surface area contributed by atoms with Gasteiger partial charge in [-0.2, -0.15) is 0 Å². The number of ether oxygens (including phenoxy) is 2.